The standard InChI is InChI=1S/C40H49N11O5/c1-22(2)32(46-39-47-38(41)56-48-39)36(52)50-18-6-8-30(50)34-42-20-28(44-34)26-14-10-24(11-15-26)25-12-16-27(17-13-25)29-21-43-35(45-29)31-9-7-19-51(31)37(53)33(23(3)4)49(5)40(54)55/h10-17,20-23,30-33H,6-9,18-19H2,1-5H3,(H,42,44)(H,43,45)(H,54,55)(H3,41,46,47,48)/t30-,31-,32-,33-/m0/s1. The summed E-state index contributed by atoms with van der Waals surface area (Å²) in [4.78, 5) is 64.1. The minimum absolute atomic E-state index is 0.0325. The first kappa shape index (κ1) is 38.1. The summed E-state index contributed by atoms with van der Waals surface area (Å²) in [6, 6.07) is 14.7. The number of hydrogen-bond donors (Lipinski definition) is 5. The maximum absolute atomic E-state index is 13.8. The minimum atomic E-state index is -1.12. The van der Waals surface area contributed by atoms with Crippen molar-refractivity contribution in [1.82, 2.24) is 44.8 Å². The number of carbonyl (C=O) groups is 3. The van der Waals surface area contributed by atoms with Crippen LogP contribution in [0.1, 0.15) is 77.1 Å². The van der Waals surface area contributed by atoms with Gasteiger partial charge in [-0.25, -0.2) is 14.8 Å². The van der Waals surface area contributed by atoms with E-state index in [1.807, 2.05) is 50.9 Å². The second-order valence-corrected chi connectivity index (χ2v) is 15.3. The quantitative estimate of drug-likeness (QED) is 0.0965. The van der Waals surface area contributed by atoms with Crippen LogP contribution in [0.5, 0.6) is 0 Å². The second kappa shape index (κ2) is 15.9. The zero-order valence-electron chi connectivity index (χ0n) is 32.3. The van der Waals surface area contributed by atoms with E-state index >= 15 is 0 Å². The van der Waals surface area contributed by atoms with Gasteiger partial charge in [-0.1, -0.05) is 76.2 Å². The average molecular weight is 764 g/mol. The molecule has 5 heterocycles. The van der Waals surface area contributed by atoms with Gasteiger partial charge in [0.1, 0.15) is 23.7 Å². The number of likely N-dealkylation sites (N-methyl/N-ethyl adjacent to an activating group) is 1. The highest BCUT2D eigenvalue weighted by molar-refractivity contribution is 5.86. The van der Waals surface area contributed by atoms with Gasteiger partial charge in [0.2, 0.25) is 11.8 Å². The van der Waals surface area contributed by atoms with Crippen LogP contribution in [0.3, 0.4) is 0 Å². The number of nitrogen functional groups attached to an aromatic ring is 1. The Labute approximate surface area is 324 Å². The minimum Gasteiger partial charge on any atom is -0.465 e. The molecule has 0 saturated carbocycles. The van der Waals surface area contributed by atoms with Gasteiger partial charge in [-0.2, -0.15) is 4.98 Å². The Morgan fingerprint density at radius 3 is 1.71 bits per heavy atom. The van der Waals surface area contributed by atoms with Gasteiger partial charge in [-0.05, 0) is 64.9 Å². The van der Waals surface area contributed by atoms with E-state index in [4.69, 9.17) is 15.2 Å². The highest BCUT2D eigenvalue weighted by Gasteiger charge is 2.40. The van der Waals surface area contributed by atoms with Crippen molar-refractivity contribution in [2.75, 3.05) is 31.2 Å². The molecule has 2 saturated heterocycles. The van der Waals surface area contributed by atoms with Crippen LogP contribution in [-0.2, 0) is 9.59 Å². The van der Waals surface area contributed by atoms with E-state index in [1.54, 1.807) is 11.1 Å². The third kappa shape index (κ3) is 7.68. The fourth-order valence-corrected chi connectivity index (χ4v) is 7.93. The van der Waals surface area contributed by atoms with Gasteiger partial charge in [0.25, 0.3) is 5.95 Å². The summed E-state index contributed by atoms with van der Waals surface area (Å²) in [5.74, 6) is 1.18. The number of rotatable bonds is 12. The van der Waals surface area contributed by atoms with Gasteiger partial charge in [0.15, 0.2) is 0 Å². The monoisotopic (exact) mass is 763 g/mol. The largest absolute Gasteiger partial charge is 0.465 e. The summed E-state index contributed by atoms with van der Waals surface area (Å²) in [6.45, 7) is 8.84. The van der Waals surface area contributed by atoms with Crippen LogP contribution in [0.25, 0.3) is 33.6 Å². The third-order valence-corrected chi connectivity index (χ3v) is 10.9. The first-order chi connectivity index (χ1) is 26.9. The molecule has 56 heavy (non-hydrogen) atoms. The number of aromatic amines is 2. The Hall–Kier alpha value is -6.19. The van der Waals surface area contributed by atoms with E-state index < -0.39 is 18.2 Å². The van der Waals surface area contributed by atoms with Gasteiger partial charge in [-0.3, -0.25) is 14.5 Å². The lowest BCUT2D eigenvalue weighted by atomic mass is 10.0. The summed E-state index contributed by atoms with van der Waals surface area (Å²) in [7, 11) is 1.45. The molecule has 294 valence electrons. The van der Waals surface area contributed by atoms with Crippen molar-refractivity contribution in [2.24, 2.45) is 11.8 Å². The highest BCUT2D eigenvalue weighted by Crippen LogP contribution is 2.35. The number of likely N-dealkylation sites (tertiary alicyclic amines) is 2. The van der Waals surface area contributed by atoms with Crippen LogP contribution < -0.4 is 11.1 Å². The molecule has 4 atom stereocenters. The molecule has 2 fully saturated rings. The lowest BCUT2D eigenvalue weighted by molar-refractivity contribution is -0.138. The number of amides is 3. The Bertz CT molecular complexity index is 2160. The Kier molecular flexibility index (Phi) is 10.8. The molecule has 0 spiro atoms. The lowest BCUT2D eigenvalue weighted by Gasteiger charge is -2.33. The van der Waals surface area contributed by atoms with E-state index in [1.165, 1.54) is 7.05 Å². The maximum atomic E-state index is 13.8. The van der Waals surface area contributed by atoms with Crippen LogP contribution >= 0.6 is 0 Å². The molecule has 0 unspecified atom stereocenters. The number of nitrogens with zero attached hydrogens (tertiary/aromatic N) is 7. The number of carboxylic acid groups (broad SMARTS) is 1. The fraction of sp³-hybridized carbons (Fsp3) is 0.425. The smallest absolute Gasteiger partial charge is 0.407 e. The summed E-state index contributed by atoms with van der Waals surface area (Å²) in [5, 5.41) is 16.5. The van der Waals surface area contributed by atoms with Gasteiger partial charge in [0, 0.05) is 20.1 Å². The van der Waals surface area contributed by atoms with Crippen LogP contribution in [0.15, 0.2) is 65.4 Å². The number of nitrogens with one attached hydrogen (secondary N) is 3. The molecule has 5 aromatic rings. The van der Waals surface area contributed by atoms with Gasteiger partial charge >= 0.3 is 12.1 Å². The second-order valence-electron chi connectivity index (χ2n) is 15.3. The molecule has 0 radical (unpaired) electrons. The molecule has 0 bridgehead atoms. The predicted octanol–water partition coefficient (Wildman–Crippen LogP) is 6.20. The molecule has 16 heteroatoms. The van der Waals surface area contributed by atoms with Gasteiger partial charge in [0.05, 0.1) is 35.9 Å². The van der Waals surface area contributed by atoms with Gasteiger partial charge in [-0.15, -0.1) is 0 Å². The van der Waals surface area contributed by atoms with Crippen LogP contribution in [0, 0.1) is 11.8 Å². The average Bonchev–Trinajstić information content (AvgIpc) is 4.03. The molecule has 2 aliphatic heterocycles. The van der Waals surface area contributed by atoms with Crippen molar-refractivity contribution in [1.29, 1.82) is 0 Å². The number of anilines is 2. The lowest BCUT2D eigenvalue weighted by Crippen LogP contribution is -2.51. The molecule has 0 aliphatic carbocycles. The summed E-state index contributed by atoms with van der Waals surface area (Å²) in [6.07, 6.45) is 5.73. The molecule has 7 rings (SSSR count). The Balaban J connectivity index is 1.00. The topological polar surface area (TPSA) is 215 Å². The number of benzene rings is 2. The molecule has 2 aliphatic rings. The predicted molar refractivity (Wildman–Crippen MR) is 210 cm³/mol. The molecule has 2 aromatic carbocycles. The SMILES string of the molecule is CC(C)[C@H](Nc1noc(N)n1)C(=O)N1CCC[C@H]1c1ncc(-c2ccc(-c3ccc(-c4cnc([C@@H]5CCCN5C(=O)[C@H](C(C)C)N(C)C(=O)O)[nH]4)cc3)cc2)[nH]1. The van der Waals surface area contributed by atoms with Crippen molar-refractivity contribution in [2.45, 2.75) is 77.5 Å². The molecular weight excluding hydrogens is 715 g/mol. The summed E-state index contributed by atoms with van der Waals surface area (Å²) >= 11 is 0. The van der Waals surface area contributed by atoms with Crippen molar-refractivity contribution >= 4 is 29.9 Å². The summed E-state index contributed by atoms with van der Waals surface area (Å²) < 4.78 is 4.87. The number of hydrogen-bond acceptors (Lipinski definition) is 10. The van der Waals surface area contributed by atoms with E-state index in [-0.39, 0.29) is 47.7 Å². The number of carbonyl (C=O) groups excluding carboxylic acids is 2. The van der Waals surface area contributed by atoms with E-state index in [0.717, 1.165) is 70.0 Å². The maximum Gasteiger partial charge on any atom is 0.407 e. The van der Waals surface area contributed by atoms with E-state index in [9.17, 15) is 19.5 Å². The normalized spacial score (nSPS) is 18.1. The zero-order chi connectivity index (χ0) is 39.7. The van der Waals surface area contributed by atoms with E-state index in [0.29, 0.717) is 18.9 Å². The first-order valence-corrected chi connectivity index (χ1v) is 19.1. The number of imidazole rings is 2. The third-order valence-electron chi connectivity index (χ3n) is 10.9. The highest BCUT2D eigenvalue weighted by atomic mass is 16.5. The Morgan fingerprint density at radius 2 is 1.29 bits per heavy atom. The van der Waals surface area contributed by atoms with Crippen LogP contribution in [0.2, 0.25) is 0 Å². The Morgan fingerprint density at radius 1 is 0.804 bits per heavy atom. The molecule has 3 amide bonds. The molecule has 16 nitrogen and oxygen atoms in total. The molecule has 3 aromatic heterocycles. The van der Waals surface area contributed by atoms with Crippen molar-refractivity contribution in [3.8, 4) is 33.6 Å². The van der Waals surface area contributed by atoms with Crippen molar-refractivity contribution in [3.63, 3.8) is 0 Å². The van der Waals surface area contributed by atoms with Crippen LogP contribution in [0.4, 0.5) is 16.8 Å². The zero-order valence-corrected chi connectivity index (χ0v) is 32.3. The van der Waals surface area contributed by atoms with Crippen molar-refractivity contribution in [3.05, 3.63) is 72.6 Å². The number of aromatic nitrogens is 6. The molecule has 6 N–H and O–H groups in total. The fourth-order valence-electron chi connectivity index (χ4n) is 7.93. The van der Waals surface area contributed by atoms with Gasteiger partial charge < -0.3 is 40.4 Å². The molecular formula is C40H49N11O5. The van der Waals surface area contributed by atoms with Crippen LogP contribution in [-0.4, -0.2) is 100 Å². The van der Waals surface area contributed by atoms with E-state index in [2.05, 4.69) is 66.8 Å². The number of H-pyrrole nitrogens is 2. The number of nitrogens with two attached hydrogens (primary N) is 1. The van der Waals surface area contributed by atoms with Crippen molar-refractivity contribution < 1.29 is 24.0 Å². The first-order valence-electron chi connectivity index (χ1n) is 19.1. The summed E-state index contributed by atoms with van der Waals surface area (Å²) in [5.41, 5.74) is 11.3.